The molecule has 160 valence electrons. The molecule has 0 atom stereocenters. The maximum Gasteiger partial charge on any atom is 0.417 e. The molecule has 0 fully saturated rings. The first-order chi connectivity index (χ1) is 13.8. The molecule has 0 bridgehead atoms. The average Bonchev–Trinajstić information content (AvgIpc) is 2.64. The Bertz CT molecular complexity index is 990. The van der Waals surface area contributed by atoms with Crippen molar-refractivity contribution < 1.29 is 26.3 Å². The molecule has 2 aromatic rings. The van der Waals surface area contributed by atoms with Crippen LogP contribution in [0.3, 0.4) is 0 Å². The predicted molar refractivity (Wildman–Crippen MR) is 103 cm³/mol. The number of nitrogens with zero attached hydrogens (tertiary/aromatic N) is 3. The molecule has 0 N–H and O–H groups in total. The topological polar surface area (TPSA) is 39.4 Å². The lowest BCUT2D eigenvalue weighted by atomic mass is 10.1. The molecule has 30 heavy (non-hydrogen) atoms. The molecule has 0 saturated heterocycles. The van der Waals surface area contributed by atoms with Gasteiger partial charge in [0.2, 0.25) is 0 Å². The lowest BCUT2D eigenvalue weighted by Crippen LogP contribution is -2.25. The van der Waals surface area contributed by atoms with Gasteiger partial charge >= 0.3 is 6.18 Å². The van der Waals surface area contributed by atoms with E-state index in [0.29, 0.717) is 10.5 Å². The van der Waals surface area contributed by atoms with Gasteiger partial charge in [0.15, 0.2) is 6.19 Å². The first-order valence-electron chi connectivity index (χ1n) is 8.53. The number of hydrogen-bond acceptors (Lipinski definition) is 3. The molecule has 0 aliphatic heterocycles. The molecule has 0 aliphatic carbocycles. The summed E-state index contributed by atoms with van der Waals surface area (Å²) in [6.07, 6.45) is -3.07. The van der Waals surface area contributed by atoms with E-state index >= 15 is 0 Å². The number of aryl methyl sites for hydroxylation is 1. The van der Waals surface area contributed by atoms with Gasteiger partial charge in [-0.2, -0.15) is 18.4 Å². The number of halogens is 6. The average molecular weight is 445 g/mol. The van der Waals surface area contributed by atoms with Crippen molar-refractivity contribution in [2.24, 2.45) is 4.99 Å². The van der Waals surface area contributed by atoms with Crippen LogP contribution in [0.5, 0.6) is 0 Å². The number of hydrogen-bond donors (Lipinski definition) is 0. The maximum absolute atomic E-state index is 14.5. The van der Waals surface area contributed by atoms with Crippen molar-refractivity contribution >= 4 is 23.3 Å². The van der Waals surface area contributed by atoms with Crippen LogP contribution in [0.1, 0.15) is 23.6 Å². The monoisotopic (exact) mass is 445 g/mol. The number of benzene rings is 2. The first kappa shape index (κ1) is 23.6. The minimum atomic E-state index is -4.73. The van der Waals surface area contributed by atoms with E-state index < -0.39 is 40.6 Å². The van der Waals surface area contributed by atoms with Crippen LogP contribution in [-0.4, -0.2) is 29.5 Å². The van der Waals surface area contributed by atoms with E-state index in [1.165, 1.54) is 32.2 Å². The zero-order chi connectivity index (χ0) is 22.7. The Labute approximate surface area is 174 Å². The van der Waals surface area contributed by atoms with Crippen molar-refractivity contribution in [3.05, 3.63) is 58.9 Å². The van der Waals surface area contributed by atoms with E-state index in [9.17, 15) is 31.6 Å². The summed E-state index contributed by atoms with van der Waals surface area (Å²) in [4.78, 5) is 5.04. The molecule has 10 heteroatoms. The zero-order valence-electron chi connectivity index (χ0n) is 16.2. The van der Waals surface area contributed by atoms with Gasteiger partial charge in [0.1, 0.15) is 17.3 Å². The van der Waals surface area contributed by atoms with Crippen molar-refractivity contribution in [1.82, 2.24) is 4.90 Å². The molecule has 3 nitrogen and oxygen atoms in total. The fourth-order valence-electron chi connectivity index (χ4n) is 2.49. The highest BCUT2D eigenvalue weighted by atomic mass is 32.2. The van der Waals surface area contributed by atoms with Gasteiger partial charge in [0.05, 0.1) is 11.3 Å². The van der Waals surface area contributed by atoms with Crippen molar-refractivity contribution in [3.8, 4) is 6.19 Å². The predicted octanol–water partition coefficient (Wildman–Crippen LogP) is 6.39. The Balaban J connectivity index is 2.63. The SMILES string of the molecule is Cc1cc(F)c(/N=C(\c2ccccc2C(F)(F)F)N(C)C#N)cc1SCC(C)(F)F. The number of thioether (sulfide) groups is 1. The van der Waals surface area contributed by atoms with Crippen LogP contribution in [-0.2, 0) is 6.18 Å². The summed E-state index contributed by atoms with van der Waals surface area (Å²) in [6, 6.07) is 6.71. The van der Waals surface area contributed by atoms with Gasteiger partial charge < -0.3 is 0 Å². The summed E-state index contributed by atoms with van der Waals surface area (Å²) >= 11 is 0.777. The molecule has 0 amide bonds. The summed E-state index contributed by atoms with van der Waals surface area (Å²) < 4.78 is 81.1. The minimum Gasteiger partial charge on any atom is -0.266 e. The molecular formula is C20H17F6N3S. The van der Waals surface area contributed by atoms with E-state index in [0.717, 1.165) is 41.8 Å². The molecule has 0 aromatic heterocycles. The highest BCUT2D eigenvalue weighted by molar-refractivity contribution is 7.99. The minimum absolute atomic E-state index is 0.305. The van der Waals surface area contributed by atoms with Crippen LogP contribution >= 0.6 is 11.8 Å². The summed E-state index contributed by atoms with van der Waals surface area (Å²) in [5.41, 5.74) is -1.44. The van der Waals surface area contributed by atoms with E-state index in [2.05, 4.69) is 4.99 Å². The Hall–Kier alpha value is -2.67. The van der Waals surface area contributed by atoms with Crippen molar-refractivity contribution in [1.29, 1.82) is 5.26 Å². The Morgan fingerprint density at radius 2 is 1.80 bits per heavy atom. The highest BCUT2D eigenvalue weighted by Gasteiger charge is 2.35. The lowest BCUT2D eigenvalue weighted by Gasteiger charge is -2.18. The lowest BCUT2D eigenvalue weighted by molar-refractivity contribution is -0.137. The largest absolute Gasteiger partial charge is 0.417 e. The Kier molecular flexibility index (Phi) is 7.08. The highest BCUT2D eigenvalue weighted by Crippen LogP contribution is 2.35. The fourth-order valence-corrected chi connectivity index (χ4v) is 3.38. The number of alkyl halides is 5. The van der Waals surface area contributed by atoms with E-state index in [4.69, 9.17) is 0 Å². The van der Waals surface area contributed by atoms with Crippen LogP contribution in [0.15, 0.2) is 46.3 Å². The van der Waals surface area contributed by atoms with Gasteiger partial charge in [-0.3, -0.25) is 4.90 Å². The molecule has 0 heterocycles. The zero-order valence-corrected chi connectivity index (χ0v) is 17.0. The third kappa shape index (κ3) is 5.92. The number of aliphatic imine (C=N–C) groups is 1. The number of nitriles is 1. The van der Waals surface area contributed by atoms with Crippen molar-refractivity contribution in [2.75, 3.05) is 12.8 Å². The summed E-state index contributed by atoms with van der Waals surface area (Å²) in [5.74, 6) is -4.81. The standard InChI is InChI=1S/C20H17F6N3S/c1-12-8-15(21)16(9-17(12)30-10-19(2,22)23)28-18(29(3)11-27)13-6-4-5-7-14(13)20(24,25)26/h4-9H,10H2,1-3H3/b28-18+. The molecule has 2 aromatic carbocycles. The quantitative estimate of drug-likeness (QED) is 0.134. The number of amidine groups is 1. The fraction of sp³-hybridized carbons (Fsp3) is 0.300. The van der Waals surface area contributed by atoms with Gasteiger partial charge in [0.25, 0.3) is 5.92 Å². The van der Waals surface area contributed by atoms with E-state index in [1.807, 2.05) is 0 Å². The smallest absolute Gasteiger partial charge is 0.266 e. The van der Waals surface area contributed by atoms with Crippen molar-refractivity contribution in [3.63, 3.8) is 0 Å². The van der Waals surface area contributed by atoms with Crippen LogP contribution in [0, 0.1) is 24.2 Å². The first-order valence-corrected chi connectivity index (χ1v) is 9.51. The third-order valence-electron chi connectivity index (χ3n) is 3.89. The normalized spacial score (nSPS) is 12.6. The third-order valence-corrected chi connectivity index (χ3v) is 5.30. The van der Waals surface area contributed by atoms with E-state index in [-0.39, 0.29) is 5.69 Å². The molecule has 0 saturated carbocycles. The summed E-state index contributed by atoms with van der Waals surface area (Å²) in [7, 11) is 1.19. The Morgan fingerprint density at radius 1 is 1.17 bits per heavy atom. The molecule has 2 rings (SSSR count). The maximum atomic E-state index is 14.5. The van der Waals surface area contributed by atoms with Crippen molar-refractivity contribution in [2.45, 2.75) is 30.8 Å². The second kappa shape index (κ2) is 9.00. The van der Waals surface area contributed by atoms with Gasteiger partial charge in [-0.15, -0.1) is 11.8 Å². The number of rotatable bonds is 5. The van der Waals surface area contributed by atoms with E-state index in [1.54, 1.807) is 6.19 Å². The van der Waals surface area contributed by atoms with Gasteiger partial charge in [-0.1, -0.05) is 18.2 Å². The molecule has 0 spiro atoms. The Morgan fingerprint density at radius 3 is 2.37 bits per heavy atom. The summed E-state index contributed by atoms with van der Waals surface area (Å²) in [5, 5.41) is 9.21. The molecule has 0 unspecified atom stereocenters. The molecular weight excluding hydrogens is 428 g/mol. The van der Waals surface area contributed by atoms with Gasteiger partial charge in [0, 0.05) is 24.4 Å². The van der Waals surface area contributed by atoms with Crippen LogP contribution in [0.25, 0.3) is 0 Å². The second-order valence-electron chi connectivity index (χ2n) is 6.57. The molecule has 0 radical (unpaired) electrons. The second-order valence-corrected chi connectivity index (χ2v) is 7.58. The van der Waals surface area contributed by atoms with Crippen LogP contribution in [0.2, 0.25) is 0 Å². The van der Waals surface area contributed by atoms with Gasteiger partial charge in [-0.05, 0) is 30.7 Å². The molecule has 0 aliphatic rings. The van der Waals surface area contributed by atoms with Gasteiger partial charge in [-0.25, -0.2) is 18.2 Å². The summed E-state index contributed by atoms with van der Waals surface area (Å²) in [6.45, 7) is 2.26. The van der Waals surface area contributed by atoms with Crippen LogP contribution < -0.4 is 0 Å². The van der Waals surface area contributed by atoms with Crippen LogP contribution in [0.4, 0.5) is 32.0 Å².